The van der Waals surface area contributed by atoms with Gasteiger partial charge in [0.2, 0.25) is 5.91 Å². The number of non-ortho nitro benzene ring substituents is 1. The van der Waals surface area contributed by atoms with Crippen molar-refractivity contribution in [2.75, 3.05) is 13.2 Å². The molecule has 0 saturated carbocycles. The van der Waals surface area contributed by atoms with Gasteiger partial charge in [-0.05, 0) is 31.0 Å². The van der Waals surface area contributed by atoms with E-state index in [4.69, 9.17) is 4.74 Å². The van der Waals surface area contributed by atoms with E-state index in [1.807, 2.05) is 31.2 Å². The zero-order chi connectivity index (χ0) is 22.2. The number of rotatable bonds is 9. The first-order chi connectivity index (χ1) is 15.0. The SMILES string of the molecule is C=CCN1C(=O)[C@H](Cc2ccc(OCC)cc2)S/C1=N\N=C/c1cccc([N+](=O)[O-])c1. The number of nitro groups is 1. The van der Waals surface area contributed by atoms with Crippen LogP contribution in [-0.4, -0.2) is 45.5 Å². The van der Waals surface area contributed by atoms with Crippen molar-refractivity contribution in [3.05, 3.63) is 82.4 Å². The van der Waals surface area contributed by atoms with Crippen molar-refractivity contribution in [2.24, 2.45) is 10.2 Å². The molecule has 2 aromatic rings. The van der Waals surface area contributed by atoms with Crippen LogP contribution in [0.5, 0.6) is 5.75 Å². The number of thioether (sulfide) groups is 1. The summed E-state index contributed by atoms with van der Waals surface area (Å²) in [6.45, 7) is 6.57. The Morgan fingerprint density at radius 1 is 1.29 bits per heavy atom. The summed E-state index contributed by atoms with van der Waals surface area (Å²) in [6, 6.07) is 13.8. The molecule has 0 unspecified atom stereocenters. The Bertz CT molecular complexity index is 1020. The normalized spacial score (nSPS) is 17.5. The highest BCUT2D eigenvalue weighted by atomic mass is 32.2. The molecule has 2 aromatic carbocycles. The molecule has 9 heteroatoms. The molecule has 1 fully saturated rings. The van der Waals surface area contributed by atoms with E-state index in [9.17, 15) is 14.9 Å². The number of carbonyl (C=O) groups is 1. The van der Waals surface area contributed by atoms with Gasteiger partial charge in [-0.3, -0.25) is 19.8 Å². The lowest BCUT2D eigenvalue weighted by Crippen LogP contribution is -2.32. The summed E-state index contributed by atoms with van der Waals surface area (Å²) in [4.78, 5) is 24.8. The number of benzene rings is 2. The zero-order valence-electron chi connectivity index (χ0n) is 17.0. The summed E-state index contributed by atoms with van der Waals surface area (Å²) in [5, 5.41) is 19.3. The number of nitrogens with zero attached hydrogens (tertiary/aromatic N) is 4. The average molecular weight is 439 g/mol. The number of hydrogen-bond donors (Lipinski definition) is 0. The van der Waals surface area contributed by atoms with Gasteiger partial charge in [-0.1, -0.05) is 42.1 Å². The third-order valence-corrected chi connectivity index (χ3v) is 5.58. The van der Waals surface area contributed by atoms with Crippen LogP contribution in [0.3, 0.4) is 0 Å². The van der Waals surface area contributed by atoms with Crippen molar-refractivity contribution >= 4 is 34.7 Å². The standard InChI is InChI=1S/C22H22N4O4S/c1-3-12-25-21(27)20(14-16-8-10-19(11-9-16)30-4-2)31-22(25)24-23-15-17-6-5-7-18(13-17)26(28)29/h3,5-11,13,15,20H,1,4,12,14H2,2H3/b23-15-,24-22-/t20-/m0/s1. The van der Waals surface area contributed by atoms with Gasteiger partial charge in [0.15, 0.2) is 5.17 Å². The molecule has 3 rings (SSSR count). The number of ether oxygens (including phenoxy) is 1. The maximum Gasteiger partial charge on any atom is 0.270 e. The molecule has 1 atom stereocenters. The minimum atomic E-state index is -0.466. The molecule has 1 aliphatic rings. The van der Waals surface area contributed by atoms with Crippen LogP contribution < -0.4 is 4.74 Å². The van der Waals surface area contributed by atoms with Crippen LogP contribution in [0.4, 0.5) is 5.69 Å². The average Bonchev–Trinajstić information content (AvgIpc) is 3.05. The van der Waals surface area contributed by atoms with Crippen LogP contribution in [-0.2, 0) is 11.2 Å². The summed E-state index contributed by atoms with van der Waals surface area (Å²) in [5.74, 6) is 0.741. The maximum atomic E-state index is 12.9. The van der Waals surface area contributed by atoms with E-state index in [0.29, 0.717) is 30.3 Å². The summed E-state index contributed by atoms with van der Waals surface area (Å²) in [5.41, 5.74) is 1.55. The summed E-state index contributed by atoms with van der Waals surface area (Å²) < 4.78 is 5.46. The number of hydrogen-bond acceptors (Lipinski definition) is 7. The van der Waals surface area contributed by atoms with Crippen LogP contribution in [0.25, 0.3) is 0 Å². The van der Waals surface area contributed by atoms with E-state index in [-0.39, 0.29) is 16.8 Å². The molecule has 0 aromatic heterocycles. The molecule has 0 spiro atoms. The van der Waals surface area contributed by atoms with Crippen molar-refractivity contribution in [3.8, 4) is 5.75 Å². The van der Waals surface area contributed by atoms with Crippen LogP contribution in [0.15, 0.2) is 71.4 Å². The van der Waals surface area contributed by atoms with Crippen LogP contribution in [0, 0.1) is 10.1 Å². The van der Waals surface area contributed by atoms with Crippen molar-refractivity contribution in [3.63, 3.8) is 0 Å². The number of nitro benzene ring substituents is 1. The summed E-state index contributed by atoms with van der Waals surface area (Å²) in [6.07, 6.45) is 3.62. The highest BCUT2D eigenvalue weighted by Crippen LogP contribution is 2.30. The van der Waals surface area contributed by atoms with Gasteiger partial charge in [-0.25, -0.2) is 0 Å². The first kappa shape index (κ1) is 22.2. The molecular formula is C22H22N4O4S. The molecule has 31 heavy (non-hydrogen) atoms. The lowest BCUT2D eigenvalue weighted by Gasteiger charge is -2.13. The molecule has 1 saturated heterocycles. The van der Waals surface area contributed by atoms with Gasteiger partial charge in [-0.2, -0.15) is 5.10 Å². The quantitative estimate of drug-likeness (QED) is 0.255. The molecule has 0 bridgehead atoms. The van der Waals surface area contributed by atoms with E-state index in [1.54, 1.807) is 23.1 Å². The Hall–Kier alpha value is -3.46. The number of carbonyl (C=O) groups excluding carboxylic acids is 1. The van der Waals surface area contributed by atoms with Crippen molar-refractivity contribution < 1.29 is 14.5 Å². The summed E-state index contributed by atoms with van der Waals surface area (Å²) >= 11 is 1.34. The topological polar surface area (TPSA) is 97.4 Å². The maximum absolute atomic E-state index is 12.9. The third kappa shape index (κ3) is 5.79. The number of amides is 1. The third-order valence-electron chi connectivity index (χ3n) is 4.42. The number of amidine groups is 1. The molecule has 8 nitrogen and oxygen atoms in total. The summed E-state index contributed by atoms with van der Waals surface area (Å²) in [7, 11) is 0. The second-order valence-electron chi connectivity index (χ2n) is 6.60. The van der Waals surface area contributed by atoms with Gasteiger partial charge >= 0.3 is 0 Å². The second kappa shape index (κ2) is 10.5. The molecule has 0 aliphatic carbocycles. The largest absolute Gasteiger partial charge is 0.494 e. The highest BCUT2D eigenvalue weighted by Gasteiger charge is 2.37. The molecule has 1 heterocycles. The molecule has 1 aliphatic heterocycles. The lowest BCUT2D eigenvalue weighted by atomic mass is 10.1. The van der Waals surface area contributed by atoms with E-state index < -0.39 is 4.92 Å². The van der Waals surface area contributed by atoms with E-state index in [2.05, 4.69) is 16.8 Å². The molecule has 1 amide bonds. The zero-order valence-corrected chi connectivity index (χ0v) is 17.8. The predicted octanol–water partition coefficient (Wildman–Crippen LogP) is 4.06. The smallest absolute Gasteiger partial charge is 0.270 e. The Labute approximate surface area is 184 Å². The van der Waals surface area contributed by atoms with Crippen molar-refractivity contribution in [1.29, 1.82) is 0 Å². The Kier molecular flexibility index (Phi) is 7.55. The van der Waals surface area contributed by atoms with Crippen molar-refractivity contribution in [1.82, 2.24) is 4.90 Å². The van der Waals surface area contributed by atoms with E-state index in [0.717, 1.165) is 11.3 Å². The van der Waals surface area contributed by atoms with Crippen LogP contribution in [0.1, 0.15) is 18.1 Å². The van der Waals surface area contributed by atoms with E-state index in [1.165, 1.54) is 30.1 Å². The van der Waals surface area contributed by atoms with Gasteiger partial charge in [0.05, 0.1) is 23.0 Å². The van der Waals surface area contributed by atoms with Gasteiger partial charge in [0.1, 0.15) is 5.75 Å². The van der Waals surface area contributed by atoms with Crippen molar-refractivity contribution in [2.45, 2.75) is 18.6 Å². The van der Waals surface area contributed by atoms with Crippen LogP contribution >= 0.6 is 11.8 Å². The fourth-order valence-electron chi connectivity index (χ4n) is 2.98. The fourth-order valence-corrected chi connectivity index (χ4v) is 4.12. The predicted molar refractivity (Wildman–Crippen MR) is 123 cm³/mol. The highest BCUT2D eigenvalue weighted by molar-refractivity contribution is 8.15. The minimum absolute atomic E-state index is 0.0225. The monoisotopic (exact) mass is 438 g/mol. The minimum Gasteiger partial charge on any atom is -0.494 e. The van der Waals surface area contributed by atoms with Gasteiger partial charge in [-0.15, -0.1) is 11.7 Å². The lowest BCUT2D eigenvalue weighted by molar-refractivity contribution is -0.384. The fraction of sp³-hybridized carbons (Fsp3) is 0.227. The Morgan fingerprint density at radius 3 is 2.74 bits per heavy atom. The van der Waals surface area contributed by atoms with Crippen LogP contribution in [0.2, 0.25) is 0 Å². The molecular weight excluding hydrogens is 416 g/mol. The Balaban J connectivity index is 1.73. The molecule has 160 valence electrons. The van der Waals surface area contributed by atoms with Gasteiger partial charge in [0, 0.05) is 24.2 Å². The Morgan fingerprint density at radius 2 is 2.06 bits per heavy atom. The van der Waals surface area contributed by atoms with E-state index >= 15 is 0 Å². The molecule has 0 N–H and O–H groups in total. The first-order valence-corrected chi connectivity index (χ1v) is 10.6. The van der Waals surface area contributed by atoms with Gasteiger partial charge < -0.3 is 4.74 Å². The first-order valence-electron chi connectivity index (χ1n) is 9.68. The molecule has 0 radical (unpaired) electrons. The second-order valence-corrected chi connectivity index (χ2v) is 7.77. The van der Waals surface area contributed by atoms with Gasteiger partial charge in [0.25, 0.3) is 5.69 Å².